The molecule has 9 heteroatoms. The number of nitrogens with one attached hydrogen (secondary N) is 2. The van der Waals surface area contributed by atoms with E-state index in [9.17, 15) is 9.59 Å². The Morgan fingerprint density at radius 3 is 2.42 bits per heavy atom. The van der Waals surface area contributed by atoms with Crippen molar-refractivity contribution in [3.63, 3.8) is 0 Å². The van der Waals surface area contributed by atoms with E-state index in [1.807, 2.05) is 26.2 Å². The molecule has 162 valence electrons. The molecule has 31 heavy (non-hydrogen) atoms. The maximum absolute atomic E-state index is 13.1. The van der Waals surface area contributed by atoms with Gasteiger partial charge in [0.05, 0.1) is 11.9 Å². The Hall–Kier alpha value is -3.49. The van der Waals surface area contributed by atoms with Gasteiger partial charge in [-0.05, 0) is 49.4 Å². The van der Waals surface area contributed by atoms with Gasteiger partial charge in [0.2, 0.25) is 5.91 Å². The Morgan fingerprint density at radius 2 is 1.84 bits per heavy atom. The molecule has 0 bridgehead atoms. The molecule has 0 saturated heterocycles. The molecule has 0 aliphatic heterocycles. The molecule has 3 aromatic rings. The van der Waals surface area contributed by atoms with E-state index in [-0.39, 0.29) is 17.7 Å². The molecule has 1 saturated carbocycles. The van der Waals surface area contributed by atoms with Crippen LogP contribution in [-0.2, 0) is 18.9 Å². The van der Waals surface area contributed by atoms with Crippen molar-refractivity contribution in [1.29, 1.82) is 0 Å². The normalized spacial score (nSPS) is 15.1. The number of carbonyl (C=O) groups excluding carboxylic acids is 2. The maximum Gasteiger partial charge on any atom is 0.270 e. The van der Waals surface area contributed by atoms with Gasteiger partial charge in [0.25, 0.3) is 5.91 Å². The summed E-state index contributed by atoms with van der Waals surface area (Å²) in [6, 6.07) is 4.70. The van der Waals surface area contributed by atoms with Crippen LogP contribution in [0.2, 0.25) is 0 Å². The first-order chi connectivity index (χ1) is 14.9. The standard InChI is InChI=1S/C22H27N7O2/c1-14-12-25-29(3)20(14)16-8-9-18(23-13-16)26-22(31)19(15-6-4-5-7-15)27-21(30)17-10-11-24-28(17)2/h8-13,15,19H,4-7H2,1-3H3,(H,27,30)(H,23,26,31). The predicted octanol–water partition coefficient (Wildman–Crippen LogP) is 2.45. The molecule has 1 aliphatic rings. The number of anilines is 1. The summed E-state index contributed by atoms with van der Waals surface area (Å²) in [5.74, 6) is 0.00122. The Morgan fingerprint density at radius 1 is 1.06 bits per heavy atom. The number of aromatic nitrogens is 5. The largest absolute Gasteiger partial charge is 0.339 e. The smallest absolute Gasteiger partial charge is 0.270 e. The Labute approximate surface area is 180 Å². The molecule has 1 aliphatic carbocycles. The maximum atomic E-state index is 13.1. The molecule has 0 aromatic carbocycles. The highest BCUT2D eigenvalue weighted by Gasteiger charge is 2.33. The van der Waals surface area contributed by atoms with Crippen molar-refractivity contribution in [2.24, 2.45) is 20.0 Å². The number of nitrogens with zero attached hydrogens (tertiary/aromatic N) is 5. The summed E-state index contributed by atoms with van der Waals surface area (Å²) < 4.78 is 3.30. The van der Waals surface area contributed by atoms with Crippen LogP contribution in [0.3, 0.4) is 0 Å². The predicted molar refractivity (Wildman–Crippen MR) is 116 cm³/mol. The first-order valence-electron chi connectivity index (χ1n) is 10.5. The van der Waals surface area contributed by atoms with Crippen LogP contribution in [0.15, 0.2) is 36.8 Å². The van der Waals surface area contributed by atoms with Gasteiger partial charge in [0, 0.05) is 32.1 Å². The van der Waals surface area contributed by atoms with Gasteiger partial charge >= 0.3 is 0 Å². The van der Waals surface area contributed by atoms with E-state index < -0.39 is 6.04 Å². The van der Waals surface area contributed by atoms with E-state index in [4.69, 9.17) is 0 Å². The number of carbonyl (C=O) groups is 2. The minimum Gasteiger partial charge on any atom is -0.339 e. The van der Waals surface area contributed by atoms with Gasteiger partial charge in [0.15, 0.2) is 0 Å². The third kappa shape index (κ3) is 4.35. The first-order valence-corrected chi connectivity index (χ1v) is 10.5. The second-order valence-electron chi connectivity index (χ2n) is 8.06. The quantitative estimate of drug-likeness (QED) is 0.636. The molecule has 9 nitrogen and oxygen atoms in total. The van der Waals surface area contributed by atoms with Gasteiger partial charge in [-0.15, -0.1) is 0 Å². The highest BCUT2D eigenvalue weighted by Crippen LogP contribution is 2.29. The van der Waals surface area contributed by atoms with Gasteiger partial charge in [-0.3, -0.25) is 19.0 Å². The number of hydrogen-bond acceptors (Lipinski definition) is 5. The van der Waals surface area contributed by atoms with Crippen LogP contribution < -0.4 is 10.6 Å². The van der Waals surface area contributed by atoms with Crippen LogP contribution in [0.1, 0.15) is 41.7 Å². The fourth-order valence-electron chi connectivity index (χ4n) is 4.27. The van der Waals surface area contributed by atoms with E-state index in [1.165, 1.54) is 4.68 Å². The van der Waals surface area contributed by atoms with Crippen molar-refractivity contribution < 1.29 is 9.59 Å². The zero-order chi connectivity index (χ0) is 22.0. The lowest BCUT2D eigenvalue weighted by Gasteiger charge is -2.23. The average molecular weight is 422 g/mol. The molecule has 3 heterocycles. The van der Waals surface area contributed by atoms with E-state index >= 15 is 0 Å². The topological polar surface area (TPSA) is 107 Å². The number of amides is 2. The summed E-state index contributed by atoms with van der Waals surface area (Å²) >= 11 is 0. The zero-order valence-electron chi connectivity index (χ0n) is 18.0. The minimum atomic E-state index is -0.620. The van der Waals surface area contributed by atoms with Crippen molar-refractivity contribution in [2.75, 3.05) is 5.32 Å². The lowest BCUT2D eigenvalue weighted by atomic mass is 9.97. The molecule has 3 aromatic heterocycles. The second kappa shape index (κ2) is 8.71. The SMILES string of the molecule is Cc1cnn(C)c1-c1ccc(NC(=O)C(NC(=O)c2ccnn2C)C2CCCC2)nc1. The zero-order valence-corrected chi connectivity index (χ0v) is 18.0. The molecule has 1 fully saturated rings. The fourth-order valence-corrected chi connectivity index (χ4v) is 4.27. The molecule has 2 N–H and O–H groups in total. The molecule has 0 radical (unpaired) electrons. The Bertz CT molecular complexity index is 1060. The van der Waals surface area contributed by atoms with Crippen molar-refractivity contribution in [3.05, 3.63) is 48.0 Å². The summed E-state index contributed by atoms with van der Waals surface area (Å²) in [6.07, 6.45) is 9.04. The summed E-state index contributed by atoms with van der Waals surface area (Å²) in [7, 11) is 3.59. The molecule has 2 amide bonds. The van der Waals surface area contributed by atoms with Crippen LogP contribution in [0.4, 0.5) is 5.82 Å². The molecular formula is C22H27N7O2. The summed E-state index contributed by atoms with van der Waals surface area (Å²) in [4.78, 5) is 30.2. The summed E-state index contributed by atoms with van der Waals surface area (Å²) in [5, 5.41) is 14.1. The van der Waals surface area contributed by atoms with Crippen LogP contribution in [0, 0.1) is 12.8 Å². The van der Waals surface area contributed by atoms with E-state index in [0.717, 1.165) is 42.5 Å². The van der Waals surface area contributed by atoms with E-state index in [2.05, 4.69) is 25.8 Å². The third-order valence-electron chi connectivity index (χ3n) is 5.90. The highest BCUT2D eigenvalue weighted by atomic mass is 16.2. The van der Waals surface area contributed by atoms with Gasteiger partial charge < -0.3 is 10.6 Å². The van der Waals surface area contributed by atoms with Gasteiger partial charge in [-0.25, -0.2) is 4.98 Å². The number of pyridine rings is 1. The van der Waals surface area contributed by atoms with Crippen LogP contribution in [-0.4, -0.2) is 42.4 Å². The third-order valence-corrected chi connectivity index (χ3v) is 5.90. The molecular weight excluding hydrogens is 394 g/mol. The Balaban J connectivity index is 1.49. The van der Waals surface area contributed by atoms with Crippen molar-refractivity contribution in [2.45, 2.75) is 38.6 Å². The Kier molecular flexibility index (Phi) is 5.83. The van der Waals surface area contributed by atoms with E-state index in [1.54, 1.807) is 36.3 Å². The van der Waals surface area contributed by atoms with Crippen molar-refractivity contribution in [1.82, 2.24) is 29.9 Å². The monoisotopic (exact) mass is 421 g/mol. The van der Waals surface area contributed by atoms with Crippen molar-refractivity contribution >= 4 is 17.6 Å². The van der Waals surface area contributed by atoms with Crippen LogP contribution in [0.25, 0.3) is 11.3 Å². The molecule has 1 unspecified atom stereocenters. The molecule has 0 spiro atoms. The average Bonchev–Trinajstić information content (AvgIpc) is 3.49. The van der Waals surface area contributed by atoms with Crippen molar-refractivity contribution in [3.8, 4) is 11.3 Å². The van der Waals surface area contributed by atoms with Gasteiger partial charge in [-0.2, -0.15) is 10.2 Å². The van der Waals surface area contributed by atoms with Gasteiger partial charge in [-0.1, -0.05) is 12.8 Å². The number of aryl methyl sites for hydroxylation is 3. The minimum absolute atomic E-state index is 0.105. The van der Waals surface area contributed by atoms with E-state index in [0.29, 0.717) is 11.5 Å². The summed E-state index contributed by atoms with van der Waals surface area (Å²) in [5.41, 5.74) is 3.38. The second-order valence-corrected chi connectivity index (χ2v) is 8.06. The fraction of sp³-hybridized carbons (Fsp3) is 0.409. The highest BCUT2D eigenvalue weighted by molar-refractivity contribution is 6.00. The van der Waals surface area contributed by atoms with Crippen LogP contribution in [0.5, 0.6) is 0 Å². The molecule has 1 atom stereocenters. The number of hydrogen-bond donors (Lipinski definition) is 2. The summed E-state index contributed by atoms with van der Waals surface area (Å²) in [6.45, 7) is 2.00. The number of rotatable bonds is 6. The lowest BCUT2D eigenvalue weighted by molar-refractivity contribution is -0.119. The lowest BCUT2D eigenvalue weighted by Crippen LogP contribution is -2.48. The van der Waals surface area contributed by atoms with Crippen LogP contribution >= 0.6 is 0 Å². The van der Waals surface area contributed by atoms with Gasteiger partial charge in [0.1, 0.15) is 17.6 Å². The molecule has 4 rings (SSSR count). The first kappa shape index (κ1) is 20.8.